The van der Waals surface area contributed by atoms with Crippen LogP contribution in [0, 0.1) is 0 Å². The number of methoxy groups -OCH3 is 1. The molecule has 1 aliphatic carbocycles. The number of nitrogens with one attached hydrogen (secondary N) is 1. The molecule has 8 nitrogen and oxygen atoms in total. The first-order valence-corrected chi connectivity index (χ1v) is 8.02. The van der Waals surface area contributed by atoms with E-state index in [1.807, 2.05) is 0 Å². The van der Waals surface area contributed by atoms with Crippen LogP contribution in [0.4, 0.5) is 0 Å². The van der Waals surface area contributed by atoms with E-state index in [4.69, 9.17) is 9.47 Å². The Labute approximate surface area is 140 Å². The molecule has 1 amide bonds. The number of hydrogen-bond donors (Lipinski definition) is 1. The number of hydrogen-bond acceptors (Lipinski definition) is 6. The largest absolute Gasteiger partial charge is 0.480 e. The van der Waals surface area contributed by atoms with Gasteiger partial charge in [0, 0.05) is 18.4 Å². The van der Waals surface area contributed by atoms with E-state index in [-0.39, 0.29) is 24.6 Å². The molecule has 3 rings (SSSR count). The predicted molar refractivity (Wildman–Crippen MR) is 85.6 cm³/mol. The first kappa shape index (κ1) is 16.2. The van der Waals surface area contributed by atoms with Gasteiger partial charge in [-0.15, -0.1) is 0 Å². The first-order valence-electron chi connectivity index (χ1n) is 8.02. The highest BCUT2D eigenvalue weighted by atomic mass is 16.5. The summed E-state index contributed by atoms with van der Waals surface area (Å²) in [5.74, 6) is 0.898. The van der Waals surface area contributed by atoms with Gasteiger partial charge in [0.25, 0.3) is 0 Å². The number of carbonyl (C=O) groups excluding carboxylic acids is 1. The molecule has 2 heterocycles. The lowest BCUT2D eigenvalue weighted by Crippen LogP contribution is -2.41. The summed E-state index contributed by atoms with van der Waals surface area (Å²) in [6.07, 6.45) is 10.2. The second-order valence-corrected chi connectivity index (χ2v) is 5.76. The van der Waals surface area contributed by atoms with E-state index in [0.29, 0.717) is 11.8 Å². The minimum atomic E-state index is -0.0123. The van der Waals surface area contributed by atoms with Crippen LogP contribution in [0.1, 0.15) is 25.7 Å². The average molecular weight is 331 g/mol. The van der Waals surface area contributed by atoms with Gasteiger partial charge in [-0.3, -0.25) is 14.5 Å². The maximum atomic E-state index is 12.0. The normalized spacial score (nSPS) is 20.4. The van der Waals surface area contributed by atoms with Gasteiger partial charge < -0.3 is 14.8 Å². The Morgan fingerprint density at radius 2 is 2.08 bits per heavy atom. The van der Waals surface area contributed by atoms with Crippen molar-refractivity contribution in [2.45, 2.75) is 44.4 Å². The SMILES string of the molecule is COc1cncc(OC2CCC(NC(=O)Cn3cccn3)CC2)n1. The lowest BCUT2D eigenvalue weighted by Gasteiger charge is -2.29. The third kappa shape index (κ3) is 4.43. The maximum Gasteiger partial charge on any atom is 0.241 e. The maximum absolute atomic E-state index is 12.0. The van der Waals surface area contributed by atoms with Gasteiger partial charge >= 0.3 is 0 Å². The zero-order valence-corrected chi connectivity index (χ0v) is 13.6. The van der Waals surface area contributed by atoms with Gasteiger partial charge in [-0.05, 0) is 31.7 Å². The van der Waals surface area contributed by atoms with E-state index in [1.165, 1.54) is 0 Å². The lowest BCUT2D eigenvalue weighted by molar-refractivity contribution is -0.122. The van der Waals surface area contributed by atoms with Gasteiger partial charge in [0.2, 0.25) is 17.7 Å². The van der Waals surface area contributed by atoms with Gasteiger partial charge in [-0.1, -0.05) is 0 Å². The summed E-state index contributed by atoms with van der Waals surface area (Å²) in [7, 11) is 1.55. The monoisotopic (exact) mass is 331 g/mol. The summed E-state index contributed by atoms with van der Waals surface area (Å²) < 4.78 is 12.5. The molecule has 128 valence electrons. The molecule has 0 bridgehead atoms. The molecule has 0 aromatic carbocycles. The van der Waals surface area contributed by atoms with Crippen LogP contribution in [-0.2, 0) is 11.3 Å². The molecule has 2 aromatic heterocycles. The average Bonchev–Trinajstić information content (AvgIpc) is 3.09. The molecule has 0 aliphatic heterocycles. The number of carbonyl (C=O) groups is 1. The lowest BCUT2D eigenvalue weighted by atomic mass is 9.93. The van der Waals surface area contributed by atoms with E-state index < -0.39 is 0 Å². The van der Waals surface area contributed by atoms with Crippen LogP contribution in [0.15, 0.2) is 30.9 Å². The minimum absolute atomic E-state index is 0.0123. The van der Waals surface area contributed by atoms with Crippen LogP contribution in [0.3, 0.4) is 0 Å². The predicted octanol–water partition coefficient (Wildman–Crippen LogP) is 1.19. The highest BCUT2D eigenvalue weighted by molar-refractivity contribution is 5.75. The third-order valence-corrected chi connectivity index (χ3v) is 3.99. The van der Waals surface area contributed by atoms with Gasteiger partial charge in [-0.2, -0.15) is 10.1 Å². The first-order chi connectivity index (χ1) is 11.7. The zero-order valence-electron chi connectivity index (χ0n) is 13.6. The Balaban J connectivity index is 1.42. The Hall–Kier alpha value is -2.64. The van der Waals surface area contributed by atoms with E-state index >= 15 is 0 Å². The molecule has 1 fully saturated rings. The van der Waals surface area contributed by atoms with Crippen LogP contribution in [-0.4, -0.2) is 44.9 Å². The standard InChI is InChI=1S/C16H21N5O3/c1-23-15-9-17-10-16(20-15)24-13-5-3-12(4-6-13)19-14(22)11-21-8-2-7-18-21/h2,7-10,12-13H,3-6,11H2,1H3,(H,19,22). The Kier molecular flexibility index (Phi) is 5.25. The quantitative estimate of drug-likeness (QED) is 0.855. The van der Waals surface area contributed by atoms with Crippen molar-refractivity contribution in [3.8, 4) is 11.8 Å². The summed E-state index contributed by atoms with van der Waals surface area (Å²) in [5.41, 5.74) is 0. The summed E-state index contributed by atoms with van der Waals surface area (Å²) >= 11 is 0. The number of amides is 1. The van der Waals surface area contributed by atoms with E-state index in [2.05, 4.69) is 20.4 Å². The van der Waals surface area contributed by atoms with Crippen molar-refractivity contribution in [3.63, 3.8) is 0 Å². The fraction of sp³-hybridized carbons (Fsp3) is 0.500. The second-order valence-electron chi connectivity index (χ2n) is 5.76. The highest BCUT2D eigenvalue weighted by Gasteiger charge is 2.24. The summed E-state index contributed by atoms with van der Waals surface area (Å²) in [5, 5.41) is 7.09. The second kappa shape index (κ2) is 7.76. The molecule has 1 aliphatic rings. The molecule has 24 heavy (non-hydrogen) atoms. The van der Waals surface area contributed by atoms with Crippen LogP contribution in [0.2, 0.25) is 0 Å². The molecule has 1 N–H and O–H groups in total. The van der Waals surface area contributed by atoms with Crippen LogP contribution in [0.5, 0.6) is 11.8 Å². The summed E-state index contributed by atoms with van der Waals surface area (Å²) in [4.78, 5) is 20.2. The van der Waals surface area contributed by atoms with E-state index in [0.717, 1.165) is 25.7 Å². The highest BCUT2D eigenvalue weighted by Crippen LogP contribution is 2.23. The van der Waals surface area contributed by atoms with Crippen LogP contribution in [0.25, 0.3) is 0 Å². The topological polar surface area (TPSA) is 91.2 Å². The van der Waals surface area contributed by atoms with Gasteiger partial charge in [0.1, 0.15) is 12.6 Å². The fourth-order valence-corrected chi connectivity index (χ4v) is 2.80. The van der Waals surface area contributed by atoms with Crippen LogP contribution >= 0.6 is 0 Å². The van der Waals surface area contributed by atoms with Crippen molar-refractivity contribution in [2.75, 3.05) is 7.11 Å². The molecule has 1 saturated carbocycles. The van der Waals surface area contributed by atoms with Gasteiger partial charge in [-0.25, -0.2) is 0 Å². The number of ether oxygens (including phenoxy) is 2. The van der Waals surface area contributed by atoms with E-state index in [1.54, 1.807) is 42.6 Å². The molecule has 0 saturated heterocycles. The van der Waals surface area contributed by atoms with Crippen molar-refractivity contribution in [3.05, 3.63) is 30.9 Å². The molecule has 0 radical (unpaired) electrons. The van der Waals surface area contributed by atoms with Crippen LogP contribution < -0.4 is 14.8 Å². The molecule has 0 spiro atoms. The Bertz CT molecular complexity index is 653. The van der Waals surface area contributed by atoms with E-state index in [9.17, 15) is 4.79 Å². The number of nitrogens with zero attached hydrogens (tertiary/aromatic N) is 4. The Morgan fingerprint density at radius 1 is 1.29 bits per heavy atom. The number of aromatic nitrogens is 4. The molecule has 0 atom stereocenters. The number of rotatable bonds is 6. The van der Waals surface area contributed by atoms with Crippen molar-refractivity contribution >= 4 is 5.91 Å². The molecule has 8 heteroatoms. The third-order valence-electron chi connectivity index (χ3n) is 3.99. The van der Waals surface area contributed by atoms with Gasteiger partial charge in [0.15, 0.2) is 0 Å². The summed E-state index contributed by atoms with van der Waals surface area (Å²) in [6, 6.07) is 1.99. The van der Waals surface area contributed by atoms with Crippen molar-refractivity contribution in [1.29, 1.82) is 0 Å². The smallest absolute Gasteiger partial charge is 0.241 e. The molecular formula is C16H21N5O3. The minimum Gasteiger partial charge on any atom is -0.480 e. The molecular weight excluding hydrogens is 310 g/mol. The van der Waals surface area contributed by atoms with Crippen molar-refractivity contribution < 1.29 is 14.3 Å². The summed E-state index contributed by atoms with van der Waals surface area (Å²) in [6.45, 7) is 0.253. The van der Waals surface area contributed by atoms with Crippen molar-refractivity contribution in [2.24, 2.45) is 0 Å². The fourth-order valence-electron chi connectivity index (χ4n) is 2.80. The zero-order chi connectivity index (χ0) is 16.8. The molecule has 2 aromatic rings. The Morgan fingerprint density at radius 3 is 2.79 bits per heavy atom. The van der Waals surface area contributed by atoms with Crippen molar-refractivity contribution in [1.82, 2.24) is 25.1 Å². The molecule has 0 unspecified atom stereocenters. The van der Waals surface area contributed by atoms with Gasteiger partial charge in [0.05, 0.1) is 19.5 Å².